The molecule has 0 spiro atoms. The summed E-state index contributed by atoms with van der Waals surface area (Å²) in [7, 11) is -1.73. The van der Waals surface area contributed by atoms with E-state index in [0.29, 0.717) is 6.61 Å². The average Bonchev–Trinajstić information content (AvgIpc) is 2.58. The average molecular weight is 421 g/mol. The maximum absolute atomic E-state index is 12.0. The molecule has 0 atom stereocenters. The Balaban J connectivity index is 1.82. The minimum Gasteiger partial charge on any atom is -0.444 e. The van der Waals surface area contributed by atoms with Gasteiger partial charge in [0.25, 0.3) is 0 Å². The van der Waals surface area contributed by atoms with E-state index >= 15 is 0 Å². The van der Waals surface area contributed by atoms with E-state index in [0.717, 1.165) is 25.9 Å². The van der Waals surface area contributed by atoms with Crippen LogP contribution in [0.5, 0.6) is 0 Å². The fourth-order valence-corrected chi connectivity index (χ4v) is 4.00. The lowest BCUT2D eigenvalue weighted by molar-refractivity contribution is 0.0497. The first-order valence-electron chi connectivity index (χ1n) is 10.7. The van der Waals surface area contributed by atoms with Gasteiger partial charge in [-0.1, -0.05) is 32.9 Å². The van der Waals surface area contributed by atoms with E-state index in [-0.39, 0.29) is 17.2 Å². The minimum atomic E-state index is -1.73. The third-order valence-electron chi connectivity index (χ3n) is 5.92. The zero-order valence-corrected chi connectivity index (χ0v) is 20.6. The monoisotopic (exact) mass is 420 g/mol. The number of carbonyl (C=O) groups excluding carboxylic acids is 1. The van der Waals surface area contributed by atoms with Gasteiger partial charge in [-0.15, -0.1) is 0 Å². The predicted molar refractivity (Wildman–Crippen MR) is 123 cm³/mol. The van der Waals surface area contributed by atoms with Gasteiger partial charge in [-0.3, -0.25) is 0 Å². The summed E-state index contributed by atoms with van der Waals surface area (Å²) in [6, 6.07) is 8.90. The number of nitrogens with zero attached hydrogens (tertiary/aromatic N) is 1. The third-order valence-corrected chi connectivity index (χ3v) is 10.4. The molecular formula is C23H40N2O3Si. The highest BCUT2D eigenvalue weighted by molar-refractivity contribution is 6.74. The van der Waals surface area contributed by atoms with E-state index in [1.807, 2.05) is 20.8 Å². The summed E-state index contributed by atoms with van der Waals surface area (Å²) in [5, 5.41) is 3.23. The van der Waals surface area contributed by atoms with E-state index < -0.39 is 13.9 Å². The lowest BCUT2D eigenvalue weighted by Gasteiger charge is -2.36. The molecule has 0 radical (unpaired) electrons. The minimum absolute atomic E-state index is 0.179. The van der Waals surface area contributed by atoms with Gasteiger partial charge in [-0.05, 0) is 69.4 Å². The van der Waals surface area contributed by atoms with Gasteiger partial charge in [-0.2, -0.15) is 0 Å². The number of ether oxygens (including phenoxy) is 1. The Kier molecular flexibility index (Phi) is 7.44. The first kappa shape index (κ1) is 23.7. The lowest BCUT2D eigenvalue weighted by Crippen LogP contribution is -2.46. The van der Waals surface area contributed by atoms with Gasteiger partial charge >= 0.3 is 6.09 Å². The van der Waals surface area contributed by atoms with Crippen LogP contribution in [-0.4, -0.2) is 39.1 Å². The van der Waals surface area contributed by atoms with Crippen LogP contribution in [0.1, 0.15) is 59.9 Å². The van der Waals surface area contributed by atoms with E-state index in [1.54, 1.807) is 0 Å². The lowest BCUT2D eigenvalue weighted by atomic mass is 10.0. The normalized spacial score (nSPS) is 16.6. The fraction of sp³-hybridized carbons (Fsp3) is 0.696. The highest BCUT2D eigenvalue weighted by atomic mass is 28.4. The molecule has 0 unspecified atom stereocenters. The van der Waals surface area contributed by atoms with Crippen LogP contribution in [0.3, 0.4) is 0 Å². The van der Waals surface area contributed by atoms with Crippen LogP contribution in [-0.2, 0) is 15.8 Å². The summed E-state index contributed by atoms with van der Waals surface area (Å²) in [4.78, 5) is 14.3. The highest BCUT2D eigenvalue weighted by Gasteiger charge is 2.37. The van der Waals surface area contributed by atoms with Gasteiger partial charge in [0.1, 0.15) is 5.60 Å². The SMILES string of the molecule is CC(C)(C)OC(=O)NC1CCN(c2ccc(CO[Si](C)(C)C(C)(C)C)cc2)CC1. The molecule has 0 saturated carbocycles. The molecule has 1 saturated heterocycles. The second-order valence-electron chi connectivity index (χ2n) is 10.6. The molecule has 1 aromatic carbocycles. The Hall–Kier alpha value is -1.53. The Morgan fingerprint density at radius 2 is 1.62 bits per heavy atom. The van der Waals surface area contributed by atoms with Crippen molar-refractivity contribution in [2.45, 2.75) is 90.8 Å². The van der Waals surface area contributed by atoms with Crippen molar-refractivity contribution in [2.24, 2.45) is 0 Å². The van der Waals surface area contributed by atoms with Gasteiger partial charge in [0.15, 0.2) is 8.32 Å². The molecule has 1 amide bonds. The van der Waals surface area contributed by atoms with E-state index in [4.69, 9.17) is 9.16 Å². The molecule has 6 heteroatoms. The Labute approximate surface area is 178 Å². The molecule has 0 bridgehead atoms. The van der Waals surface area contributed by atoms with Crippen LogP contribution in [0.25, 0.3) is 0 Å². The van der Waals surface area contributed by atoms with Crippen LogP contribution in [0, 0.1) is 0 Å². The molecular weight excluding hydrogens is 380 g/mol. The summed E-state index contributed by atoms with van der Waals surface area (Å²) in [5.41, 5.74) is 2.00. The molecule has 2 rings (SSSR count). The van der Waals surface area contributed by atoms with Crippen LogP contribution in [0.2, 0.25) is 18.1 Å². The zero-order chi connectivity index (χ0) is 21.9. The molecule has 29 heavy (non-hydrogen) atoms. The van der Waals surface area contributed by atoms with Gasteiger partial charge in [0, 0.05) is 24.8 Å². The number of alkyl carbamates (subject to hydrolysis) is 1. The zero-order valence-electron chi connectivity index (χ0n) is 19.6. The van der Waals surface area contributed by atoms with E-state index in [9.17, 15) is 4.79 Å². The molecule has 5 nitrogen and oxygen atoms in total. The topological polar surface area (TPSA) is 50.8 Å². The maximum atomic E-state index is 12.0. The number of benzene rings is 1. The summed E-state index contributed by atoms with van der Waals surface area (Å²) in [5.74, 6) is 0. The van der Waals surface area contributed by atoms with Gasteiger partial charge in [-0.25, -0.2) is 4.79 Å². The Morgan fingerprint density at radius 1 is 1.07 bits per heavy atom. The van der Waals surface area contributed by atoms with Crippen molar-refractivity contribution in [3.05, 3.63) is 29.8 Å². The second kappa shape index (κ2) is 9.09. The molecule has 1 aliphatic heterocycles. The third kappa shape index (κ3) is 7.34. The second-order valence-corrected chi connectivity index (χ2v) is 15.4. The van der Waals surface area contributed by atoms with Crippen LogP contribution in [0.4, 0.5) is 10.5 Å². The molecule has 1 heterocycles. The van der Waals surface area contributed by atoms with Crippen molar-refractivity contribution < 1.29 is 14.0 Å². The van der Waals surface area contributed by atoms with Crippen molar-refractivity contribution >= 4 is 20.1 Å². The number of hydrogen-bond donors (Lipinski definition) is 1. The highest BCUT2D eigenvalue weighted by Crippen LogP contribution is 2.37. The smallest absolute Gasteiger partial charge is 0.407 e. The van der Waals surface area contributed by atoms with Crippen molar-refractivity contribution in [3.8, 4) is 0 Å². The molecule has 1 aromatic rings. The molecule has 0 aliphatic carbocycles. The standard InChI is InChI=1S/C23H40N2O3Si/c1-22(2,3)28-21(26)24-19-13-15-25(16-14-19)20-11-9-18(10-12-20)17-27-29(7,8)23(4,5)6/h9-12,19H,13-17H2,1-8H3,(H,24,26). The number of hydrogen-bond acceptors (Lipinski definition) is 4. The van der Waals surface area contributed by atoms with Crippen LogP contribution >= 0.6 is 0 Å². The first-order valence-corrected chi connectivity index (χ1v) is 13.6. The summed E-state index contributed by atoms with van der Waals surface area (Å²) in [6.07, 6.45) is 1.53. The molecule has 0 aromatic heterocycles. The van der Waals surface area contributed by atoms with Gasteiger partial charge in [0.05, 0.1) is 6.61 Å². The first-order chi connectivity index (χ1) is 13.3. The maximum Gasteiger partial charge on any atom is 0.407 e. The number of piperidine rings is 1. The van der Waals surface area contributed by atoms with E-state index in [1.165, 1.54) is 11.3 Å². The summed E-state index contributed by atoms with van der Waals surface area (Å²) < 4.78 is 11.7. The van der Waals surface area contributed by atoms with Crippen molar-refractivity contribution in [2.75, 3.05) is 18.0 Å². The number of rotatable bonds is 5. The fourth-order valence-electron chi connectivity index (χ4n) is 3.04. The molecule has 1 N–H and O–H groups in total. The van der Waals surface area contributed by atoms with E-state index in [2.05, 4.69) is 68.3 Å². The number of carbonyl (C=O) groups is 1. The molecule has 1 aliphatic rings. The quantitative estimate of drug-likeness (QED) is 0.621. The molecule has 1 fully saturated rings. The Bertz CT molecular complexity index is 667. The molecule has 164 valence electrons. The van der Waals surface area contributed by atoms with Crippen molar-refractivity contribution in [1.82, 2.24) is 5.32 Å². The number of amides is 1. The largest absolute Gasteiger partial charge is 0.444 e. The van der Waals surface area contributed by atoms with Crippen LogP contribution < -0.4 is 10.2 Å². The number of nitrogens with one attached hydrogen (secondary N) is 1. The Morgan fingerprint density at radius 3 is 2.10 bits per heavy atom. The van der Waals surface area contributed by atoms with Crippen LogP contribution in [0.15, 0.2) is 24.3 Å². The summed E-state index contributed by atoms with van der Waals surface area (Å²) in [6.45, 7) is 19.6. The van der Waals surface area contributed by atoms with Crippen molar-refractivity contribution in [3.63, 3.8) is 0 Å². The summed E-state index contributed by atoms with van der Waals surface area (Å²) >= 11 is 0. The van der Waals surface area contributed by atoms with Gasteiger partial charge < -0.3 is 19.4 Å². The van der Waals surface area contributed by atoms with Crippen molar-refractivity contribution in [1.29, 1.82) is 0 Å². The number of anilines is 1. The van der Waals surface area contributed by atoms with Gasteiger partial charge in [0.2, 0.25) is 0 Å². The predicted octanol–water partition coefficient (Wildman–Crippen LogP) is 5.70.